The third kappa shape index (κ3) is 4.13. The number of thiophene rings is 1. The van der Waals surface area contributed by atoms with Gasteiger partial charge >= 0.3 is 0 Å². The largest absolute Gasteiger partial charge is 0.357 e. The highest BCUT2D eigenvalue weighted by atomic mass is 32.1. The molecule has 0 bridgehead atoms. The summed E-state index contributed by atoms with van der Waals surface area (Å²) < 4.78 is 0. The van der Waals surface area contributed by atoms with Gasteiger partial charge in [-0.1, -0.05) is 37.5 Å². The smallest absolute Gasteiger partial charge is 0.239 e. The molecule has 1 aromatic heterocycles. The van der Waals surface area contributed by atoms with Gasteiger partial charge in [0.2, 0.25) is 5.91 Å². The van der Waals surface area contributed by atoms with Gasteiger partial charge in [-0.2, -0.15) is 0 Å². The Kier molecular flexibility index (Phi) is 5.81. The van der Waals surface area contributed by atoms with Crippen LogP contribution < -0.4 is 15.5 Å². The third-order valence-electron chi connectivity index (χ3n) is 6.64. The summed E-state index contributed by atoms with van der Waals surface area (Å²) in [5.74, 6) is 0.230. The summed E-state index contributed by atoms with van der Waals surface area (Å²) in [5, 5.41) is 8.88. The van der Waals surface area contributed by atoms with E-state index in [1.807, 2.05) is 29.6 Å². The Labute approximate surface area is 187 Å². The third-order valence-corrected chi connectivity index (χ3v) is 7.56. The zero-order chi connectivity index (χ0) is 21.2. The molecule has 0 unspecified atom stereocenters. The van der Waals surface area contributed by atoms with Gasteiger partial charge in [-0.25, -0.2) is 0 Å². The molecular formula is C25H29N3O2S. The fourth-order valence-electron chi connectivity index (χ4n) is 5.19. The molecule has 31 heavy (non-hydrogen) atoms. The molecular weight excluding hydrogens is 406 g/mol. The molecule has 0 radical (unpaired) electrons. The van der Waals surface area contributed by atoms with Crippen LogP contribution in [0.1, 0.15) is 62.3 Å². The molecule has 1 aromatic carbocycles. The minimum Gasteiger partial charge on any atom is -0.357 e. The number of hydrogen-bond donors (Lipinski definition) is 2. The molecule has 0 saturated heterocycles. The number of benzene rings is 1. The summed E-state index contributed by atoms with van der Waals surface area (Å²) in [7, 11) is 0. The Morgan fingerprint density at radius 2 is 1.90 bits per heavy atom. The van der Waals surface area contributed by atoms with E-state index in [4.69, 9.17) is 0 Å². The van der Waals surface area contributed by atoms with E-state index in [1.54, 1.807) is 11.3 Å². The number of anilines is 2. The number of para-hydroxylation sites is 2. The Hall–Kier alpha value is -2.60. The molecule has 1 saturated carbocycles. The van der Waals surface area contributed by atoms with Crippen LogP contribution in [0.3, 0.4) is 0 Å². The number of nitrogens with zero attached hydrogens (tertiary/aromatic N) is 1. The van der Waals surface area contributed by atoms with Crippen molar-refractivity contribution in [2.45, 2.75) is 63.5 Å². The highest BCUT2D eigenvalue weighted by Crippen LogP contribution is 2.45. The number of ketones is 1. The van der Waals surface area contributed by atoms with Gasteiger partial charge in [-0.05, 0) is 49.3 Å². The second-order valence-electron chi connectivity index (χ2n) is 8.76. The molecule has 1 aliphatic heterocycles. The van der Waals surface area contributed by atoms with Crippen LogP contribution in [0.5, 0.6) is 0 Å². The summed E-state index contributed by atoms with van der Waals surface area (Å²) in [6, 6.07) is 12.2. The summed E-state index contributed by atoms with van der Waals surface area (Å²) in [6.07, 6.45) is 8.05. The van der Waals surface area contributed by atoms with E-state index < -0.39 is 0 Å². The topological polar surface area (TPSA) is 61.4 Å². The van der Waals surface area contributed by atoms with Gasteiger partial charge in [0.05, 0.1) is 24.0 Å². The molecule has 2 heterocycles. The second-order valence-corrected chi connectivity index (χ2v) is 9.74. The van der Waals surface area contributed by atoms with Crippen LogP contribution in [-0.2, 0) is 9.59 Å². The number of rotatable bonds is 4. The summed E-state index contributed by atoms with van der Waals surface area (Å²) in [4.78, 5) is 29.6. The molecule has 5 nitrogen and oxygen atoms in total. The average molecular weight is 436 g/mol. The van der Waals surface area contributed by atoms with Crippen LogP contribution in [0, 0.1) is 0 Å². The molecule has 2 N–H and O–H groups in total. The van der Waals surface area contributed by atoms with E-state index in [1.165, 1.54) is 19.3 Å². The number of amides is 1. The number of carbonyl (C=O) groups is 2. The molecule has 3 aliphatic rings. The quantitative estimate of drug-likeness (QED) is 0.695. The van der Waals surface area contributed by atoms with Gasteiger partial charge in [0.25, 0.3) is 0 Å². The zero-order valence-electron chi connectivity index (χ0n) is 17.7. The maximum absolute atomic E-state index is 13.2. The first kappa shape index (κ1) is 20.3. The predicted molar refractivity (Wildman–Crippen MR) is 125 cm³/mol. The minimum atomic E-state index is -0.240. The van der Waals surface area contributed by atoms with Gasteiger partial charge in [0.15, 0.2) is 5.78 Å². The van der Waals surface area contributed by atoms with E-state index in [9.17, 15) is 9.59 Å². The van der Waals surface area contributed by atoms with Gasteiger partial charge in [0, 0.05) is 28.6 Å². The minimum absolute atomic E-state index is 0.0376. The Morgan fingerprint density at radius 3 is 2.71 bits per heavy atom. The lowest BCUT2D eigenvalue weighted by atomic mass is 9.88. The van der Waals surface area contributed by atoms with E-state index in [0.717, 1.165) is 53.2 Å². The second kappa shape index (κ2) is 8.87. The van der Waals surface area contributed by atoms with E-state index in [-0.39, 0.29) is 30.3 Å². The fraction of sp³-hybridized carbons (Fsp3) is 0.440. The summed E-state index contributed by atoms with van der Waals surface area (Å²) >= 11 is 1.65. The van der Waals surface area contributed by atoms with E-state index in [0.29, 0.717) is 6.42 Å². The average Bonchev–Trinajstić information content (AvgIpc) is 3.26. The molecule has 1 atom stereocenters. The number of hydrogen-bond acceptors (Lipinski definition) is 5. The number of carbonyl (C=O) groups excluding carboxylic acids is 2. The maximum atomic E-state index is 13.2. The molecule has 1 amide bonds. The van der Waals surface area contributed by atoms with Crippen molar-refractivity contribution in [1.82, 2.24) is 5.32 Å². The van der Waals surface area contributed by atoms with Crippen molar-refractivity contribution < 1.29 is 9.59 Å². The van der Waals surface area contributed by atoms with Crippen LogP contribution in [0.2, 0.25) is 0 Å². The van der Waals surface area contributed by atoms with Crippen LogP contribution in [0.25, 0.3) is 0 Å². The highest BCUT2D eigenvalue weighted by Gasteiger charge is 2.38. The lowest BCUT2D eigenvalue weighted by molar-refractivity contribution is -0.121. The van der Waals surface area contributed by atoms with Gasteiger partial charge in [-0.15, -0.1) is 11.3 Å². The molecule has 2 aliphatic carbocycles. The molecule has 0 spiro atoms. The standard InChI is InChI=1S/C25H29N3O2S/c29-21-13-6-11-19-24(21)25(22-14-7-15-31-22)28(20-12-5-4-10-18(20)27-19)16-23(30)26-17-8-2-1-3-9-17/h4-5,7,10,12,14-15,17,25,27H,1-3,6,8-9,11,13,16H2,(H,26,30)/t25-/m0/s1. The van der Waals surface area contributed by atoms with Crippen molar-refractivity contribution in [3.8, 4) is 0 Å². The molecule has 162 valence electrons. The summed E-state index contributed by atoms with van der Waals surface area (Å²) in [5.41, 5.74) is 3.78. The Morgan fingerprint density at radius 1 is 1.06 bits per heavy atom. The molecule has 5 rings (SSSR count). The highest BCUT2D eigenvalue weighted by molar-refractivity contribution is 7.10. The van der Waals surface area contributed by atoms with E-state index in [2.05, 4.69) is 27.7 Å². The summed E-state index contributed by atoms with van der Waals surface area (Å²) in [6.45, 7) is 0.238. The van der Waals surface area contributed by atoms with Gasteiger partial charge in [0.1, 0.15) is 0 Å². The maximum Gasteiger partial charge on any atom is 0.239 e. The van der Waals surface area contributed by atoms with E-state index >= 15 is 0 Å². The molecule has 2 aromatic rings. The Bertz CT molecular complexity index is 992. The first-order valence-electron chi connectivity index (χ1n) is 11.4. The number of Topliss-reactive ketones (excluding diaryl/α,β-unsaturated/α-hetero) is 1. The first-order chi connectivity index (χ1) is 15.2. The molecule has 1 fully saturated rings. The predicted octanol–water partition coefficient (Wildman–Crippen LogP) is 5.18. The normalized spacial score (nSPS) is 21.7. The monoisotopic (exact) mass is 435 g/mol. The van der Waals surface area contributed by atoms with Crippen molar-refractivity contribution in [3.63, 3.8) is 0 Å². The van der Waals surface area contributed by atoms with Crippen LogP contribution in [-0.4, -0.2) is 24.3 Å². The van der Waals surface area contributed by atoms with Gasteiger partial charge in [-0.3, -0.25) is 9.59 Å². The van der Waals surface area contributed by atoms with Crippen molar-refractivity contribution >= 4 is 34.4 Å². The van der Waals surface area contributed by atoms with Crippen LogP contribution >= 0.6 is 11.3 Å². The van der Waals surface area contributed by atoms with Crippen LogP contribution in [0.15, 0.2) is 53.0 Å². The Balaban J connectivity index is 1.54. The van der Waals surface area contributed by atoms with Crippen LogP contribution in [0.4, 0.5) is 11.4 Å². The number of allylic oxidation sites excluding steroid dienone is 1. The van der Waals surface area contributed by atoms with Crippen molar-refractivity contribution in [3.05, 3.63) is 57.9 Å². The lowest BCUT2D eigenvalue weighted by Crippen LogP contribution is -2.44. The number of fused-ring (bicyclic) bond motifs is 1. The lowest BCUT2D eigenvalue weighted by Gasteiger charge is -2.34. The first-order valence-corrected chi connectivity index (χ1v) is 12.3. The van der Waals surface area contributed by atoms with Crippen molar-refractivity contribution in [2.24, 2.45) is 0 Å². The van der Waals surface area contributed by atoms with Gasteiger partial charge < -0.3 is 15.5 Å². The number of nitrogens with one attached hydrogen (secondary N) is 2. The zero-order valence-corrected chi connectivity index (χ0v) is 18.5. The van der Waals surface area contributed by atoms with Crippen molar-refractivity contribution in [2.75, 3.05) is 16.8 Å². The molecule has 6 heteroatoms. The SMILES string of the molecule is O=C(CN1c2ccccc2NC2=C(C(=O)CCC2)[C@@H]1c1cccs1)NC1CCCCC1. The van der Waals surface area contributed by atoms with Crippen molar-refractivity contribution in [1.29, 1.82) is 0 Å². The fourth-order valence-corrected chi connectivity index (χ4v) is 6.04.